The quantitative estimate of drug-likeness (QED) is 0.605. The Labute approximate surface area is 156 Å². The molecule has 0 saturated heterocycles. The van der Waals surface area contributed by atoms with Gasteiger partial charge in [-0.2, -0.15) is 0 Å². The van der Waals surface area contributed by atoms with Crippen LogP contribution in [0.5, 0.6) is 5.75 Å². The van der Waals surface area contributed by atoms with E-state index in [0.717, 1.165) is 5.69 Å². The highest BCUT2D eigenvalue weighted by atomic mass is 16.3. The van der Waals surface area contributed by atoms with Gasteiger partial charge in [0.2, 0.25) is 0 Å². The van der Waals surface area contributed by atoms with Gasteiger partial charge in [0.15, 0.2) is 5.65 Å². The molecule has 5 nitrogen and oxygen atoms in total. The maximum atomic E-state index is 13.4. The Kier molecular flexibility index (Phi) is 4.12. The molecule has 0 bridgehead atoms. The monoisotopic (exact) mass is 357 g/mol. The third-order valence-electron chi connectivity index (χ3n) is 4.59. The molecular formula is C22H19N3O2. The van der Waals surface area contributed by atoms with Gasteiger partial charge in [-0.3, -0.25) is 9.36 Å². The predicted octanol–water partition coefficient (Wildman–Crippen LogP) is 3.82. The normalized spacial score (nSPS) is 10.9. The molecule has 134 valence electrons. The number of hydrogen-bond donors (Lipinski definition) is 1. The smallest absolute Gasteiger partial charge is 0.268 e. The summed E-state index contributed by atoms with van der Waals surface area (Å²) in [4.78, 5) is 19.7. The number of anilines is 1. The van der Waals surface area contributed by atoms with Crippen molar-refractivity contribution in [2.24, 2.45) is 0 Å². The first-order chi connectivity index (χ1) is 13.1. The molecular weight excluding hydrogens is 338 g/mol. The van der Waals surface area contributed by atoms with Crippen molar-refractivity contribution in [3.05, 3.63) is 83.3 Å². The molecule has 0 atom stereocenters. The standard InChI is InChI=1S/C22H19N3O2/c1-24(2)16-12-10-15(11-13-16)19-20(26)18-9-6-14-23-21(18)25(22(19)27)17-7-4-3-5-8-17/h3-14,26H,1-2H3. The fourth-order valence-electron chi connectivity index (χ4n) is 3.21. The second kappa shape index (κ2) is 6.61. The Morgan fingerprint density at radius 3 is 2.30 bits per heavy atom. The van der Waals surface area contributed by atoms with Gasteiger partial charge < -0.3 is 10.0 Å². The maximum absolute atomic E-state index is 13.4. The van der Waals surface area contributed by atoms with Gasteiger partial charge in [0.1, 0.15) is 5.75 Å². The van der Waals surface area contributed by atoms with E-state index < -0.39 is 0 Å². The molecule has 0 aliphatic rings. The lowest BCUT2D eigenvalue weighted by molar-refractivity contribution is 0.482. The van der Waals surface area contributed by atoms with Crippen molar-refractivity contribution in [2.45, 2.75) is 0 Å². The minimum absolute atomic E-state index is 0.0483. The molecule has 2 aromatic carbocycles. The van der Waals surface area contributed by atoms with Gasteiger partial charge >= 0.3 is 0 Å². The average molecular weight is 357 g/mol. The number of aromatic hydroxyl groups is 1. The molecule has 0 fully saturated rings. The second-order valence-electron chi connectivity index (χ2n) is 6.52. The van der Waals surface area contributed by atoms with Crippen molar-refractivity contribution < 1.29 is 5.11 Å². The van der Waals surface area contributed by atoms with E-state index >= 15 is 0 Å². The van der Waals surface area contributed by atoms with Crippen LogP contribution in [0.25, 0.3) is 27.8 Å². The van der Waals surface area contributed by atoms with Crippen LogP contribution in [0.15, 0.2) is 77.7 Å². The molecule has 0 unspecified atom stereocenters. The van der Waals surface area contributed by atoms with Crippen molar-refractivity contribution in [1.82, 2.24) is 9.55 Å². The largest absolute Gasteiger partial charge is 0.506 e. The van der Waals surface area contributed by atoms with E-state index in [9.17, 15) is 9.90 Å². The molecule has 2 aromatic heterocycles. The molecule has 4 aromatic rings. The fourth-order valence-corrected chi connectivity index (χ4v) is 3.21. The third-order valence-corrected chi connectivity index (χ3v) is 4.59. The molecule has 0 aliphatic carbocycles. The van der Waals surface area contributed by atoms with E-state index in [-0.39, 0.29) is 16.9 Å². The van der Waals surface area contributed by atoms with Gasteiger partial charge in [0, 0.05) is 26.0 Å². The first kappa shape index (κ1) is 16.8. The van der Waals surface area contributed by atoms with E-state index in [1.165, 1.54) is 0 Å². The van der Waals surface area contributed by atoms with Crippen LogP contribution in [0.4, 0.5) is 5.69 Å². The average Bonchev–Trinajstić information content (AvgIpc) is 2.69. The molecule has 5 heteroatoms. The van der Waals surface area contributed by atoms with Crippen LogP contribution < -0.4 is 10.5 Å². The second-order valence-corrected chi connectivity index (χ2v) is 6.52. The third kappa shape index (κ3) is 2.83. The van der Waals surface area contributed by atoms with Gasteiger partial charge in [0.05, 0.1) is 16.6 Å². The number of hydrogen-bond acceptors (Lipinski definition) is 4. The first-order valence-electron chi connectivity index (χ1n) is 8.64. The minimum Gasteiger partial charge on any atom is -0.506 e. The molecule has 27 heavy (non-hydrogen) atoms. The van der Waals surface area contributed by atoms with E-state index in [1.807, 2.05) is 73.6 Å². The highest BCUT2D eigenvalue weighted by Crippen LogP contribution is 2.33. The Bertz CT molecular complexity index is 1160. The summed E-state index contributed by atoms with van der Waals surface area (Å²) < 4.78 is 1.55. The van der Waals surface area contributed by atoms with Gasteiger partial charge in [0.25, 0.3) is 5.56 Å². The van der Waals surface area contributed by atoms with Crippen LogP contribution in [0, 0.1) is 0 Å². The van der Waals surface area contributed by atoms with Crippen molar-refractivity contribution in [2.75, 3.05) is 19.0 Å². The zero-order valence-electron chi connectivity index (χ0n) is 15.1. The number of benzene rings is 2. The fraction of sp³-hybridized carbons (Fsp3) is 0.0909. The van der Waals surface area contributed by atoms with E-state index in [1.54, 1.807) is 22.9 Å². The van der Waals surface area contributed by atoms with Crippen LogP contribution in [-0.4, -0.2) is 28.8 Å². The lowest BCUT2D eigenvalue weighted by Gasteiger charge is -2.16. The maximum Gasteiger partial charge on any atom is 0.268 e. The van der Waals surface area contributed by atoms with Crippen molar-refractivity contribution >= 4 is 16.7 Å². The summed E-state index contributed by atoms with van der Waals surface area (Å²) in [6.45, 7) is 0. The van der Waals surface area contributed by atoms with Crippen LogP contribution >= 0.6 is 0 Å². The summed E-state index contributed by atoms with van der Waals surface area (Å²) in [5, 5.41) is 11.4. The highest BCUT2D eigenvalue weighted by molar-refractivity contribution is 5.91. The number of nitrogens with zero attached hydrogens (tertiary/aromatic N) is 3. The van der Waals surface area contributed by atoms with Gasteiger partial charge in [-0.1, -0.05) is 30.3 Å². The summed E-state index contributed by atoms with van der Waals surface area (Å²) in [5.41, 5.74) is 2.78. The SMILES string of the molecule is CN(C)c1ccc(-c2c(O)c3cccnc3n(-c3ccccc3)c2=O)cc1. The summed E-state index contributed by atoms with van der Waals surface area (Å²) in [6, 6.07) is 20.4. The van der Waals surface area contributed by atoms with Gasteiger partial charge in [-0.25, -0.2) is 4.98 Å². The number of pyridine rings is 2. The molecule has 0 aliphatic heterocycles. The zero-order valence-corrected chi connectivity index (χ0v) is 15.1. The molecule has 2 heterocycles. The van der Waals surface area contributed by atoms with E-state index in [2.05, 4.69) is 4.98 Å². The van der Waals surface area contributed by atoms with Crippen molar-refractivity contribution in [1.29, 1.82) is 0 Å². The van der Waals surface area contributed by atoms with Crippen molar-refractivity contribution in [3.63, 3.8) is 0 Å². The van der Waals surface area contributed by atoms with Crippen LogP contribution in [0.2, 0.25) is 0 Å². The first-order valence-corrected chi connectivity index (χ1v) is 8.64. The van der Waals surface area contributed by atoms with Crippen LogP contribution in [0.1, 0.15) is 0 Å². The van der Waals surface area contributed by atoms with E-state index in [0.29, 0.717) is 22.3 Å². The Balaban J connectivity index is 2.06. The summed E-state index contributed by atoms with van der Waals surface area (Å²) >= 11 is 0. The Morgan fingerprint density at radius 1 is 0.926 bits per heavy atom. The minimum atomic E-state index is -0.303. The number of fused-ring (bicyclic) bond motifs is 1. The summed E-state index contributed by atoms with van der Waals surface area (Å²) in [6.07, 6.45) is 1.62. The van der Waals surface area contributed by atoms with Crippen molar-refractivity contribution in [3.8, 4) is 22.6 Å². The van der Waals surface area contributed by atoms with E-state index in [4.69, 9.17) is 0 Å². The van der Waals surface area contributed by atoms with Gasteiger partial charge in [-0.05, 0) is 42.0 Å². The number of aromatic nitrogens is 2. The molecule has 0 radical (unpaired) electrons. The zero-order chi connectivity index (χ0) is 19.0. The number of rotatable bonds is 3. The van der Waals surface area contributed by atoms with Gasteiger partial charge in [-0.15, -0.1) is 0 Å². The molecule has 1 N–H and O–H groups in total. The Morgan fingerprint density at radius 2 is 1.63 bits per heavy atom. The number of para-hydroxylation sites is 1. The molecule has 0 saturated carbocycles. The Hall–Kier alpha value is -3.60. The van der Waals surface area contributed by atoms with Crippen LogP contribution in [-0.2, 0) is 0 Å². The highest BCUT2D eigenvalue weighted by Gasteiger charge is 2.19. The van der Waals surface area contributed by atoms with Crippen LogP contribution in [0.3, 0.4) is 0 Å². The predicted molar refractivity (Wildman–Crippen MR) is 109 cm³/mol. The summed E-state index contributed by atoms with van der Waals surface area (Å²) in [7, 11) is 3.91. The topological polar surface area (TPSA) is 58.4 Å². The molecule has 0 amide bonds. The lowest BCUT2D eigenvalue weighted by Crippen LogP contribution is -2.21. The summed E-state index contributed by atoms with van der Waals surface area (Å²) in [5.74, 6) is -0.0483. The molecule has 0 spiro atoms. The molecule has 4 rings (SSSR count). The lowest BCUT2D eigenvalue weighted by atomic mass is 10.0.